The molecular formula is C20H19NO2. The van der Waals surface area contributed by atoms with E-state index in [4.69, 9.17) is 4.74 Å². The molecule has 0 radical (unpaired) electrons. The van der Waals surface area contributed by atoms with Gasteiger partial charge in [-0.25, -0.2) is 0 Å². The highest BCUT2D eigenvalue weighted by atomic mass is 16.5. The third-order valence-corrected chi connectivity index (χ3v) is 4.47. The Labute approximate surface area is 135 Å². The van der Waals surface area contributed by atoms with Gasteiger partial charge in [0.1, 0.15) is 18.5 Å². The number of aliphatic hydroxyl groups is 1. The van der Waals surface area contributed by atoms with Crippen molar-refractivity contribution in [1.29, 1.82) is 0 Å². The Hall–Kier alpha value is -2.36. The first-order valence-electron chi connectivity index (χ1n) is 7.91. The predicted octanol–water partition coefficient (Wildman–Crippen LogP) is 3.50. The van der Waals surface area contributed by atoms with Crippen molar-refractivity contribution in [2.24, 2.45) is 0 Å². The van der Waals surface area contributed by atoms with Crippen LogP contribution in [0.4, 0.5) is 0 Å². The summed E-state index contributed by atoms with van der Waals surface area (Å²) < 4.78 is 5.96. The minimum absolute atomic E-state index is 0.586. The van der Waals surface area contributed by atoms with E-state index in [0.29, 0.717) is 6.61 Å². The second-order valence-electron chi connectivity index (χ2n) is 5.83. The van der Waals surface area contributed by atoms with Gasteiger partial charge in [-0.05, 0) is 40.8 Å². The fourth-order valence-electron chi connectivity index (χ4n) is 3.39. The second kappa shape index (κ2) is 5.69. The molecule has 0 saturated heterocycles. The van der Waals surface area contributed by atoms with Crippen LogP contribution in [0.3, 0.4) is 0 Å². The van der Waals surface area contributed by atoms with Crippen molar-refractivity contribution in [3.63, 3.8) is 0 Å². The van der Waals surface area contributed by atoms with Gasteiger partial charge in [0.25, 0.3) is 0 Å². The molecule has 0 bridgehead atoms. The van der Waals surface area contributed by atoms with Crippen LogP contribution in [0.1, 0.15) is 17.2 Å². The van der Waals surface area contributed by atoms with Crippen LogP contribution in [-0.2, 0) is 0 Å². The summed E-state index contributed by atoms with van der Waals surface area (Å²) in [6, 6.07) is 18.3. The van der Waals surface area contributed by atoms with E-state index in [0.717, 1.165) is 45.3 Å². The maximum absolute atomic E-state index is 10.7. The molecule has 1 atom stereocenters. The van der Waals surface area contributed by atoms with E-state index in [9.17, 15) is 5.11 Å². The summed E-state index contributed by atoms with van der Waals surface area (Å²) >= 11 is 0. The van der Waals surface area contributed by atoms with Crippen molar-refractivity contribution in [2.75, 3.05) is 20.2 Å². The summed E-state index contributed by atoms with van der Waals surface area (Å²) in [4.78, 5) is 0. The number of fused-ring (bicyclic) bond motifs is 5. The quantitative estimate of drug-likeness (QED) is 0.725. The summed E-state index contributed by atoms with van der Waals surface area (Å²) in [7, 11) is 1.91. The lowest BCUT2D eigenvalue weighted by Crippen LogP contribution is -2.16. The van der Waals surface area contributed by atoms with E-state index in [2.05, 4.69) is 23.5 Å². The Balaban J connectivity index is 1.94. The van der Waals surface area contributed by atoms with Crippen molar-refractivity contribution in [1.82, 2.24) is 5.32 Å². The summed E-state index contributed by atoms with van der Waals surface area (Å²) in [5.41, 5.74) is 4.15. The van der Waals surface area contributed by atoms with Crippen molar-refractivity contribution < 1.29 is 9.84 Å². The molecule has 3 aromatic rings. The van der Waals surface area contributed by atoms with Gasteiger partial charge in [0.15, 0.2) is 0 Å². The SMILES string of the molecule is CNCCOc1cc2c(c3ccccc13)-c1ccccc1C2O. The van der Waals surface area contributed by atoms with Gasteiger partial charge < -0.3 is 15.2 Å². The maximum Gasteiger partial charge on any atom is 0.127 e. The molecule has 4 rings (SSSR count). The number of benzene rings is 3. The highest BCUT2D eigenvalue weighted by molar-refractivity contribution is 6.04. The third-order valence-electron chi connectivity index (χ3n) is 4.47. The highest BCUT2D eigenvalue weighted by Crippen LogP contribution is 2.49. The van der Waals surface area contributed by atoms with Gasteiger partial charge in [0, 0.05) is 11.9 Å². The standard InChI is InChI=1S/C20H19NO2/c1-21-10-11-23-18-12-17-19(14-7-3-2-6-13(14)18)15-8-4-5-9-16(15)20(17)22/h2-9,12,20-22H,10-11H2,1H3. The number of ether oxygens (including phenoxy) is 1. The number of aliphatic hydroxyl groups excluding tert-OH is 1. The van der Waals surface area contributed by atoms with Gasteiger partial charge in [0.2, 0.25) is 0 Å². The van der Waals surface area contributed by atoms with Gasteiger partial charge in [0.05, 0.1) is 0 Å². The maximum atomic E-state index is 10.7. The summed E-state index contributed by atoms with van der Waals surface area (Å²) in [6.07, 6.45) is -0.586. The molecule has 3 heteroatoms. The normalized spacial score (nSPS) is 15.5. The van der Waals surface area contributed by atoms with Crippen molar-refractivity contribution in [3.8, 4) is 16.9 Å². The monoisotopic (exact) mass is 305 g/mol. The van der Waals surface area contributed by atoms with Crippen LogP contribution >= 0.6 is 0 Å². The van der Waals surface area contributed by atoms with E-state index < -0.39 is 6.10 Å². The smallest absolute Gasteiger partial charge is 0.127 e. The Kier molecular flexibility index (Phi) is 3.52. The summed E-state index contributed by atoms with van der Waals surface area (Å²) in [5, 5.41) is 16.0. The van der Waals surface area contributed by atoms with Gasteiger partial charge in [-0.15, -0.1) is 0 Å². The average Bonchev–Trinajstić information content (AvgIpc) is 2.88. The lowest BCUT2D eigenvalue weighted by atomic mass is 9.97. The first-order chi connectivity index (χ1) is 11.3. The van der Waals surface area contributed by atoms with Crippen LogP contribution in [0.15, 0.2) is 54.6 Å². The molecule has 1 unspecified atom stereocenters. The Morgan fingerprint density at radius 1 is 1.00 bits per heavy atom. The number of nitrogens with one attached hydrogen (secondary N) is 1. The molecule has 3 nitrogen and oxygen atoms in total. The Morgan fingerprint density at radius 3 is 2.57 bits per heavy atom. The van der Waals surface area contributed by atoms with Crippen LogP contribution in [0.5, 0.6) is 5.75 Å². The van der Waals surface area contributed by atoms with E-state index in [1.807, 2.05) is 43.4 Å². The molecule has 0 aromatic heterocycles. The van der Waals surface area contributed by atoms with E-state index in [1.54, 1.807) is 0 Å². The number of rotatable bonds is 4. The molecule has 0 fully saturated rings. The molecule has 0 heterocycles. The van der Waals surface area contributed by atoms with Gasteiger partial charge in [-0.3, -0.25) is 0 Å². The number of likely N-dealkylation sites (N-methyl/N-ethyl adjacent to an activating group) is 1. The van der Waals surface area contributed by atoms with Crippen molar-refractivity contribution in [2.45, 2.75) is 6.10 Å². The lowest BCUT2D eigenvalue weighted by Gasteiger charge is -2.14. The lowest BCUT2D eigenvalue weighted by molar-refractivity contribution is 0.224. The van der Waals surface area contributed by atoms with Crippen LogP contribution in [0, 0.1) is 0 Å². The number of hydrogen-bond acceptors (Lipinski definition) is 3. The minimum atomic E-state index is -0.586. The predicted molar refractivity (Wildman–Crippen MR) is 92.9 cm³/mol. The molecule has 0 amide bonds. The van der Waals surface area contributed by atoms with E-state index in [1.165, 1.54) is 0 Å². The van der Waals surface area contributed by atoms with Gasteiger partial charge >= 0.3 is 0 Å². The molecule has 0 spiro atoms. The molecule has 1 aliphatic carbocycles. The highest BCUT2D eigenvalue weighted by Gasteiger charge is 2.29. The van der Waals surface area contributed by atoms with Crippen molar-refractivity contribution >= 4 is 10.8 Å². The zero-order valence-electron chi connectivity index (χ0n) is 13.0. The molecular weight excluding hydrogens is 286 g/mol. The summed E-state index contributed by atoms with van der Waals surface area (Å²) in [6.45, 7) is 1.39. The zero-order chi connectivity index (χ0) is 15.8. The van der Waals surface area contributed by atoms with E-state index >= 15 is 0 Å². The van der Waals surface area contributed by atoms with Crippen LogP contribution in [-0.4, -0.2) is 25.3 Å². The minimum Gasteiger partial charge on any atom is -0.492 e. The fourth-order valence-corrected chi connectivity index (χ4v) is 3.39. The van der Waals surface area contributed by atoms with Crippen LogP contribution in [0.2, 0.25) is 0 Å². The molecule has 116 valence electrons. The van der Waals surface area contributed by atoms with Crippen LogP contribution < -0.4 is 10.1 Å². The molecule has 3 aromatic carbocycles. The fraction of sp³-hybridized carbons (Fsp3) is 0.200. The number of hydrogen-bond donors (Lipinski definition) is 2. The Bertz CT molecular complexity index is 873. The molecule has 1 aliphatic rings. The molecule has 2 N–H and O–H groups in total. The van der Waals surface area contributed by atoms with Gasteiger partial charge in [-0.2, -0.15) is 0 Å². The topological polar surface area (TPSA) is 41.5 Å². The van der Waals surface area contributed by atoms with Crippen LogP contribution in [0.25, 0.3) is 21.9 Å². The largest absolute Gasteiger partial charge is 0.492 e. The van der Waals surface area contributed by atoms with Gasteiger partial charge in [-0.1, -0.05) is 48.5 Å². The Morgan fingerprint density at radius 2 is 1.74 bits per heavy atom. The van der Waals surface area contributed by atoms with Crippen molar-refractivity contribution in [3.05, 3.63) is 65.7 Å². The first kappa shape index (κ1) is 14.2. The zero-order valence-corrected chi connectivity index (χ0v) is 13.0. The third kappa shape index (κ3) is 2.21. The summed E-state index contributed by atoms with van der Waals surface area (Å²) in [5.74, 6) is 0.835. The molecule has 0 saturated carbocycles. The van der Waals surface area contributed by atoms with E-state index in [-0.39, 0.29) is 0 Å². The first-order valence-corrected chi connectivity index (χ1v) is 7.91. The average molecular weight is 305 g/mol. The second-order valence-corrected chi connectivity index (χ2v) is 5.83. The molecule has 23 heavy (non-hydrogen) atoms. The molecule has 0 aliphatic heterocycles.